The fraction of sp³-hybridized carbons (Fsp3) is 0.111. The lowest BCUT2D eigenvalue weighted by Gasteiger charge is -2.10. The molecule has 4 nitrogen and oxygen atoms in total. The van der Waals surface area contributed by atoms with Gasteiger partial charge in [0.25, 0.3) is 5.91 Å². The second kappa shape index (κ2) is 6.44. The van der Waals surface area contributed by atoms with Crippen LogP contribution < -0.4 is 10.1 Å². The number of halogens is 1. The SMILES string of the molecule is COc1cc(CNC(=O)c2cccc(F)c2)c2ccccc2n1. The molecule has 0 radical (unpaired) electrons. The molecule has 0 aliphatic heterocycles. The van der Waals surface area contributed by atoms with Crippen LogP contribution in [0.5, 0.6) is 5.88 Å². The smallest absolute Gasteiger partial charge is 0.251 e. The Morgan fingerprint density at radius 3 is 2.78 bits per heavy atom. The average molecular weight is 310 g/mol. The minimum absolute atomic E-state index is 0.287. The number of pyridine rings is 1. The number of carbonyl (C=O) groups excluding carboxylic acids is 1. The van der Waals surface area contributed by atoms with Crippen molar-refractivity contribution in [3.63, 3.8) is 0 Å². The Bertz CT molecular complexity index is 865. The molecule has 2 aromatic carbocycles. The number of ether oxygens (including phenoxy) is 1. The molecular weight excluding hydrogens is 295 g/mol. The predicted molar refractivity (Wildman–Crippen MR) is 85.9 cm³/mol. The van der Waals surface area contributed by atoms with E-state index in [1.54, 1.807) is 19.2 Å². The molecule has 0 aliphatic carbocycles. The van der Waals surface area contributed by atoms with Crippen LogP contribution in [0.15, 0.2) is 54.6 Å². The summed E-state index contributed by atoms with van der Waals surface area (Å²) in [4.78, 5) is 16.5. The molecular formula is C18H15FN2O2. The Balaban J connectivity index is 1.85. The number of hydrogen-bond acceptors (Lipinski definition) is 3. The van der Waals surface area contributed by atoms with Gasteiger partial charge in [0, 0.05) is 23.6 Å². The molecule has 3 rings (SSSR count). The second-order valence-electron chi connectivity index (χ2n) is 5.03. The summed E-state index contributed by atoms with van der Waals surface area (Å²) in [5.74, 6) is -0.281. The minimum atomic E-state index is -0.436. The number of rotatable bonds is 4. The molecule has 0 aliphatic rings. The van der Waals surface area contributed by atoms with Gasteiger partial charge in [-0.3, -0.25) is 4.79 Å². The van der Waals surface area contributed by atoms with Gasteiger partial charge in [0.15, 0.2) is 0 Å². The summed E-state index contributed by atoms with van der Waals surface area (Å²) in [5, 5.41) is 3.73. The van der Waals surface area contributed by atoms with Crippen molar-refractivity contribution in [2.45, 2.75) is 6.54 Å². The largest absolute Gasteiger partial charge is 0.481 e. The van der Waals surface area contributed by atoms with Crippen LogP contribution in [0.2, 0.25) is 0 Å². The summed E-state index contributed by atoms with van der Waals surface area (Å²) >= 11 is 0. The van der Waals surface area contributed by atoms with Crippen molar-refractivity contribution in [1.82, 2.24) is 10.3 Å². The fourth-order valence-electron chi connectivity index (χ4n) is 2.38. The van der Waals surface area contributed by atoms with Crippen LogP contribution in [-0.2, 0) is 6.54 Å². The lowest BCUT2D eigenvalue weighted by molar-refractivity contribution is 0.0950. The predicted octanol–water partition coefficient (Wildman–Crippen LogP) is 3.31. The molecule has 0 fully saturated rings. The van der Waals surface area contributed by atoms with E-state index in [0.29, 0.717) is 12.4 Å². The lowest BCUT2D eigenvalue weighted by Crippen LogP contribution is -2.23. The Kier molecular flexibility index (Phi) is 4.19. The number of aromatic nitrogens is 1. The van der Waals surface area contributed by atoms with Crippen molar-refractivity contribution in [3.05, 3.63) is 71.5 Å². The standard InChI is InChI=1S/C18H15FN2O2/c1-23-17-10-13(15-7-2-3-8-16(15)21-17)11-20-18(22)12-5-4-6-14(19)9-12/h2-10H,11H2,1H3,(H,20,22). The zero-order valence-corrected chi connectivity index (χ0v) is 12.5. The number of amides is 1. The van der Waals surface area contributed by atoms with Gasteiger partial charge < -0.3 is 10.1 Å². The number of carbonyl (C=O) groups is 1. The van der Waals surface area contributed by atoms with Crippen molar-refractivity contribution in [1.29, 1.82) is 0 Å². The van der Waals surface area contributed by atoms with E-state index in [1.165, 1.54) is 18.2 Å². The van der Waals surface area contributed by atoms with E-state index in [0.717, 1.165) is 16.5 Å². The van der Waals surface area contributed by atoms with Gasteiger partial charge in [-0.25, -0.2) is 9.37 Å². The molecule has 5 heteroatoms. The van der Waals surface area contributed by atoms with Gasteiger partial charge in [0.2, 0.25) is 5.88 Å². The number of nitrogens with zero attached hydrogens (tertiary/aromatic N) is 1. The third-order valence-corrected chi connectivity index (χ3v) is 3.51. The van der Waals surface area contributed by atoms with E-state index in [1.807, 2.05) is 24.3 Å². The zero-order chi connectivity index (χ0) is 16.2. The van der Waals surface area contributed by atoms with E-state index < -0.39 is 5.82 Å². The van der Waals surface area contributed by atoms with Crippen molar-refractivity contribution >= 4 is 16.8 Å². The normalized spacial score (nSPS) is 10.5. The summed E-state index contributed by atoms with van der Waals surface area (Å²) in [7, 11) is 1.55. The first-order valence-electron chi connectivity index (χ1n) is 7.14. The highest BCUT2D eigenvalue weighted by Crippen LogP contribution is 2.21. The molecule has 0 atom stereocenters. The summed E-state index contributed by atoms with van der Waals surface area (Å²) in [5.41, 5.74) is 1.97. The quantitative estimate of drug-likeness (QED) is 0.804. The number of benzene rings is 2. The number of methoxy groups -OCH3 is 1. The second-order valence-corrected chi connectivity index (χ2v) is 5.03. The first kappa shape index (κ1) is 15.0. The van der Waals surface area contributed by atoms with Crippen molar-refractivity contribution in [3.8, 4) is 5.88 Å². The highest BCUT2D eigenvalue weighted by Gasteiger charge is 2.09. The van der Waals surface area contributed by atoms with Crippen LogP contribution in [0.25, 0.3) is 10.9 Å². The summed E-state index contributed by atoms with van der Waals surface area (Å²) < 4.78 is 18.4. The highest BCUT2D eigenvalue weighted by atomic mass is 19.1. The molecule has 0 spiro atoms. The third-order valence-electron chi connectivity index (χ3n) is 3.51. The number of hydrogen-bond donors (Lipinski definition) is 1. The van der Waals surface area contributed by atoms with Gasteiger partial charge in [-0.1, -0.05) is 24.3 Å². The Morgan fingerprint density at radius 2 is 2.00 bits per heavy atom. The Hall–Kier alpha value is -2.95. The number of para-hydroxylation sites is 1. The van der Waals surface area contributed by atoms with Crippen LogP contribution in [-0.4, -0.2) is 18.0 Å². The zero-order valence-electron chi connectivity index (χ0n) is 12.5. The maximum absolute atomic E-state index is 13.2. The van der Waals surface area contributed by atoms with E-state index >= 15 is 0 Å². The van der Waals surface area contributed by atoms with Crippen molar-refractivity contribution < 1.29 is 13.9 Å². The molecule has 0 unspecified atom stereocenters. The van der Waals surface area contributed by atoms with Crippen LogP contribution in [0.4, 0.5) is 4.39 Å². The van der Waals surface area contributed by atoms with E-state index in [-0.39, 0.29) is 11.5 Å². The van der Waals surface area contributed by atoms with Crippen LogP contribution in [0.3, 0.4) is 0 Å². The molecule has 0 saturated heterocycles. The average Bonchev–Trinajstić information content (AvgIpc) is 2.59. The molecule has 3 aromatic rings. The summed E-state index contributed by atoms with van der Waals surface area (Å²) in [6.45, 7) is 0.300. The van der Waals surface area contributed by atoms with Gasteiger partial charge in [-0.05, 0) is 29.8 Å². The molecule has 1 aromatic heterocycles. The first-order valence-corrected chi connectivity index (χ1v) is 7.14. The van der Waals surface area contributed by atoms with E-state index in [2.05, 4.69) is 10.3 Å². The Labute approximate surface area is 132 Å². The molecule has 0 saturated carbocycles. The minimum Gasteiger partial charge on any atom is -0.481 e. The maximum atomic E-state index is 13.2. The fourth-order valence-corrected chi connectivity index (χ4v) is 2.38. The molecule has 23 heavy (non-hydrogen) atoms. The molecule has 1 heterocycles. The van der Waals surface area contributed by atoms with Crippen LogP contribution in [0.1, 0.15) is 15.9 Å². The van der Waals surface area contributed by atoms with Crippen LogP contribution in [0, 0.1) is 5.82 Å². The van der Waals surface area contributed by atoms with E-state index in [9.17, 15) is 9.18 Å². The van der Waals surface area contributed by atoms with Crippen LogP contribution >= 0.6 is 0 Å². The monoisotopic (exact) mass is 310 g/mol. The van der Waals surface area contributed by atoms with Crippen molar-refractivity contribution in [2.75, 3.05) is 7.11 Å². The Morgan fingerprint density at radius 1 is 1.17 bits per heavy atom. The topological polar surface area (TPSA) is 51.2 Å². The lowest BCUT2D eigenvalue weighted by atomic mass is 10.1. The van der Waals surface area contributed by atoms with Gasteiger partial charge in [0.1, 0.15) is 5.82 Å². The molecule has 116 valence electrons. The number of nitrogens with one attached hydrogen (secondary N) is 1. The van der Waals surface area contributed by atoms with E-state index in [4.69, 9.17) is 4.74 Å². The molecule has 0 bridgehead atoms. The van der Waals surface area contributed by atoms with Gasteiger partial charge >= 0.3 is 0 Å². The van der Waals surface area contributed by atoms with Gasteiger partial charge in [-0.2, -0.15) is 0 Å². The third kappa shape index (κ3) is 3.29. The highest BCUT2D eigenvalue weighted by molar-refractivity contribution is 5.94. The van der Waals surface area contributed by atoms with Gasteiger partial charge in [0.05, 0.1) is 12.6 Å². The first-order chi connectivity index (χ1) is 11.2. The number of fused-ring (bicyclic) bond motifs is 1. The summed E-state index contributed by atoms with van der Waals surface area (Å²) in [6, 6.07) is 15.0. The van der Waals surface area contributed by atoms with Gasteiger partial charge in [-0.15, -0.1) is 0 Å². The van der Waals surface area contributed by atoms with Crippen molar-refractivity contribution in [2.24, 2.45) is 0 Å². The molecule has 1 N–H and O–H groups in total. The maximum Gasteiger partial charge on any atom is 0.251 e. The summed E-state index contributed by atoms with van der Waals surface area (Å²) in [6.07, 6.45) is 0. The molecule has 1 amide bonds.